The number of carboxylic acids is 1. The molecule has 6 heteroatoms. The fourth-order valence-electron chi connectivity index (χ4n) is 2.45. The molecule has 2 unspecified atom stereocenters. The Bertz CT molecular complexity index is 607. The summed E-state index contributed by atoms with van der Waals surface area (Å²) in [5, 5.41) is 14.6. The third kappa shape index (κ3) is 3.94. The van der Waals surface area contributed by atoms with Crippen LogP contribution in [0.25, 0.3) is 0 Å². The van der Waals surface area contributed by atoms with Gasteiger partial charge >= 0.3 is 5.97 Å². The SMILES string of the molecule is CC(=O)Nc1ccc(NC(=O)C2CC=CCC2C(=O)O)cc1. The number of carbonyl (C=O) groups is 3. The van der Waals surface area contributed by atoms with Gasteiger partial charge in [-0.2, -0.15) is 0 Å². The van der Waals surface area contributed by atoms with E-state index in [2.05, 4.69) is 10.6 Å². The maximum Gasteiger partial charge on any atom is 0.307 e. The van der Waals surface area contributed by atoms with E-state index in [4.69, 9.17) is 0 Å². The molecule has 3 N–H and O–H groups in total. The first-order valence-electron chi connectivity index (χ1n) is 7.03. The highest BCUT2D eigenvalue weighted by Crippen LogP contribution is 2.27. The summed E-state index contributed by atoms with van der Waals surface area (Å²) in [7, 11) is 0. The molecule has 0 aliphatic heterocycles. The molecular formula is C16H18N2O4. The fraction of sp³-hybridized carbons (Fsp3) is 0.312. The van der Waals surface area contributed by atoms with Gasteiger partial charge in [-0.25, -0.2) is 0 Å². The van der Waals surface area contributed by atoms with Crippen LogP contribution in [-0.4, -0.2) is 22.9 Å². The molecule has 0 spiro atoms. The van der Waals surface area contributed by atoms with Crippen molar-refractivity contribution in [2.45, 2.75) is 19.8 Å². The van der Waals surface area contributed by atoms with Gasteiger partial charge in [-0.15, -0.1) is 0 Å². The predicted octanol–water partition coefficient (Wildman–Crippen LogP) is 2.25. The third-order valence-electron chi connectivity index (χ3n) is 3.56. The Labute approximate surface area is 128 Å². The van der Waals surface area contributed by atoms with Crippen LogP contribution < -0.4 is 10.6 Å². The summed E-state index contributed by atoms with van der Waals surface area (Å²) >= 11 is 0. The number of hydrogen-bond donors (Lipinski definition) is 3. The molecule has 116 valence electrons. The molecule has 1 aliphatic rings. The van der Waals surface area contributed by atoms with E-state index < -0.39 is 17.8 Å². The van der Waals surface area contributed by atoms with Crippen molar-refractivity contribution < 1.29 is 19.5 Å². The van der Waals surface area contributed by atoms with Crippen LogP contribution in [0, 0.1) is 11.8 Å². The molecule has 2 rings (SSSR count). The van der Waals surface area contributed by atoms with Gasteiger partial charge in [0.1, 0.15) is 0 Å². The van der Waals surface area contributed by atoms with E-state index in [0.717, 1.165) is 0 Å². The standard InChI is InChI=1S/C16H18N2O4/c1-10(19)17-11-6-8-12(9-7-11)18-15(20)13-4-2-3-5-14(13)16(21)22/h2-3,6-9,13-14H,4-5H2,1H3,(H,17,19)(H,18,20)(H,21,22). The highest BCUT2D eigenvalue weighted by Gasteiger charge is 2.33. The van der Waals surface area contributed by atoms with Crippen molar-refractivity contribution in [3.05, 3.63) is 36.4 Å². The summed E-state index contributed by atoms with van der Waals surface area (Å²) in [4.78, 5) is 34.4. The van der Waals surface area contributed by atoms with Crippen molar-refractivity contribution in [2.24, 2.45) is 11.8 Å². The molecule has 6 nitrogen and oxygen atoms in total. The van der Waals surface area contributed by atoms with Crippen molar-refractivity contribution >= 4 is 29.2 Å². The van der Waals surface area contributed by atoms with Gasteiger partial charge in [-0.05, 0) is 37.1 Å². The smallest absolute Gasteiger partial charge is 0.307 e. The van der Waals surface area contributed by atoms with Crippen LogP contribution in [0.4, 0.5) is 11.4 Å². The molecule has 2 atom stereocenters. The summed E-state index contributed by atoms with van der Waals surface area (Å²) in [5.41, 5.74) is 1.20. The molecule has 0 saturated carbocycles. The second-order valence-corrected chi connectivity index (χ2v) is 5.24. The average molecular weight is 302 g/mol. The van der Waals surface area contributed by atoms with E-state index in [-0.39, 0.29) is 11.8 Å². The van der Waals surface area contributed by atoms with Crippen LogP contribution >= 0.6 is 0 Å². The van der Waals surface area contributed by atoms with Crippen LogP contribution in [0.1, 0.15) is 19.8 Å². The number of anilines is 2. The lowest BCUT2D eigenvalue weighted by Gasteiger charge is -2.24. The molecule has 0 heterocycles. The van der Waals surface area contributed by atoms with Crippen LogP contribution in [0.2, 0.25) is 0 Å². The summed E-state index contributed by atoms with van der Waals surface area (Å²) in [6.45, 7) is 1.42. The molecule has 0 fully saturated rings. The quantitative estimate of drug-likeness (QED) is 0.743. The second kappa shape index (κ2) is 6.89. The Morgan fingerprint density at radius 2 is 1.45 bits per heavy atom. The number of aliphatic carboxylic acids is 1. The topological polar surface area (TPSA) is 95.5 Å². The Hall–Kier alpha value is -2.63. The number of carbonyl (C=O) groups excluding carboxylic acids is 2. The van der Waals surface area contributed by atoms with Crippen molar-refractivity contribution in [3.8, 4) is 0 Å². The minimum atomic E-state index is -0.953. The Morgan fingerprint density at radius 3 is 1.95 bits per heavy atom. The van der Waals surface area contributed by atoms with Gasteiger partial charge in [0.25, 0.3) is 0 Å². The zero-order valence-electron chi connectivity index (χ0n) is 12.2. The summed E-state index contributed by atoms with van der Waals surface area (Å²) in [6, 6.07) is 6.67. The third-order valence-corrected chi connectivity index (χ3v) is 3.56. The largest absolute Gasteiger partial charge is 0.481 e. The minimum absolute atomic E-state index is 0.171. The zero-order chi connectivity index (χ0) is 16.1. The van der Waals surface area contributed by atoms with Crippen LogP contribution in [0.3, 0.4) is 0 Å². The van der Waals surface area contributed by atoms with E-state index in [1.807, 2.05) is 6.08 Å². The molecular weight excluding hydrogens is 284 g/mol. The molecule has 0 aromatic heterocycles. The normalized spacial score (nSPS) is 20.2. The van der Waals surface area contributed by atoms with Gasteiger partial charge in [0.05, 0.1) is 11.8 Å². The first kappa shape index (κ1) is 15.8. The second-order valence-electron chi connectivity index (χ2n) is 5.24. The van der Waals surface area contributed by atoms with E-state index in [1.54, 1.807) is 30.3 Å². The van der Waals surface area contributed by atoms with E-state index in [9.17, 15) is 19.5 Å². The number of carboxylic acid groups (broad SMARTS) is 1. The summed E-state index contributed by atoms with van der Waals surface area (Å²) in [5.74, 6) is -2.69. The lowest BCUT2D eigenvalue weighted by molar-refractivity contribution is -0.146. The summed E-state index contributed by atoms with van der Waals surface area (Å²) < 4.78 is 0. The Kier molecular flexibility index (Phi) is 4.93. The Morgan fingerprint density at radius 1 is 0.955 bits per heavy atom. The van der Waals surface area contributed by atoms with Gasteiger partial charge < -0.3 is 15.7 Å². The van der Waals surface area contributed by atoms with Gasteiger partial charge in [-0.3, -0.25) is 14.4 Å². The number of nitrogens with one attached hydrogen (secondary N) is 2. The lowest BCUT2D eigenvalue weighted by Crippen LogP contribution is -2.34. The minimum Gasteiger partial charge on any atom is -0.481 e. The van der Waals surface area contributed by atoms with Crippen LogP contribution in [0.15, 0.2) is 36.4 Å². The summed E-state index contributed by atoms with van der Waals surface area (Å²) in [6.07, 6.45) is 4.43. The monoisotopic (exact) mass is 302 g/mol. The molecule has 1 aromatic rings. The van der Waals surface area contributed by atoms with Crippen LogP contribution in [0.5, 0.6) is 0 Å². The van der Waals surface area contributed by atoms with Gasteiger partial charge in [0.15, 0.2) is 0 Å². The molecule has 1 aliphatic carbocycles. The Balaban J connectivity index is 2.03. The predicted molar refractivity (Wildman–Crippen MR) is 82.4 cm³/mol. The number of amides is 2. The number of rotatable bonds is 4. The molecule has 0 bridgehead atoms. The number of allylic oxidation sites excluding steroid dienone is 2. The zero-order valence-corrected chi connectivity index (χ0v) is 12.2. The van der Waals surface area contributed by atoms with Crippen molar-refractivity contribution in [3.63, 3.8) is 0 Å². The van der Waals surface area contributed by atoms with E-state index in [0.29, 0.717) is 24.2 Å². The molecule has 0 saturated heterocycles. The molecule has 1 aromatic carbocycles. The lowest BCUT2D eigenvalue weighted by atomic mass is 9.82. The number of hydrogen-bond acceptors (Lipinski definition) is 3. The molecule has 0 radical (unpaired) electrons. The maximum absolute atomic E-state index is 12.3. The van der Waals surface area contributed by atoms with Crippen molar-refractivity contribution in [2.75, 3.05) is 10.6 Å². The number of benzene rings is 1. The van der Waals surface area contributed by atoms with Crippen molar-refractivity contribution in [1.82, 2.24) is 0 Å². The van der Waals surface area contributed by atoms with Crippen molar-refractivity contribution in [1.29, 1.82) is 0 Å². The highest BCUT2D eigenvalue weighted by atomic mass is 16.4. The first-order valence-corrected chi connectivity index (χ1v) is 7.03. The molecule has 22 heavy (non-hydrogen) atoms. The van der Waals surface area contributed by atoms with Crippen LogP contribution in [-0.2, 0) is 14.4 Å². The van der Waals surface area contributed by atoms with Gasteiger partial charge in [0, 0.05) is 18.3 Å². The highest BCUT2D eigenvalue weighted by molar-refractivity contribution is 5.96. The van der Waals surface area contributed by atoms with E-state index >= 15 is 0 Å². The van der Waals surface area contributed by atoms with Gasteiger partial charge in [-0.1, -0.05) is 12.2 Å². The van der Waals surface area contributed by atoms with Gasteiger partial charge in [0.2, 0.25) is 11.8 Å². The average Bonchev–Trinajstić information content (AvgIpc) is 2.48. The maximum atomic E-state index is 12.3. The first-order chi connectivity index (χ1) is 10.5. The molecule has 2 amide bonds. The van der Waals surface area contributed by atoms with E-state index in [1.165, 1.54) is 6.92 Å². The fourth-order valence-corrected chi connectivity index (χ4v) is 2.45.